The van der Waals surface area contributed by atoms with Crippen molar-refractivity contribution < 1.29 is 19.4 Å². The van der Waals surface area contributed by atoms with Gasteiger partial charge in [-0.1, -0.05) is 35.8 Å². The molecule has 1 atom stereocenters. The lowest BCUT2D eigenvalue weighted by molar-refractivity contribution is -0.144. The summed E-state index contributed by atoms with van der Waals surface area (Å²) in [6.45, 7) is 5.27. The Kier molecular flexibility index (Phi) is 6.74. The van der Waals surface area contributed by atoms with Crippen molar-refractivity contribution in [3.8, 4) is 11.5 Å². The van der Waals surface area contributed by atoms with Crippen LogP contribution in [0.4, 0.5) is 0 Å². The van der Waals surface area contributed by atoms with Crippen molar-refractivity contribution in [1.29, 1.82) is 0 Å². The molecule has 0 bridgehead atoms. The third-order valence-corrected chi connectivity index (χ3v) is 5.03. The molecule has 31 heavy (non-hydrogen) atoms. The topological polar surface area (TPSA) is 103 Å². The van der Waals surface area contributed by atoms with Gasteiger partial charge in [0.2, 0.25) is 0 Å². The Morgan fingerprint density at radius 1 is 1.26 bits per heavy atom. The minimum atomic E-state index is -1.11. The Morgan fingerprint density at radius 3 is 2.65 bits per heavy atom. The number of fused-ring (bicyclic) bond motifs is 1. The highest BCUT2D eigenvalue weighted by molar-refractivity contribution is 9.10. The number of hydrogen-bond donors (Lipinski definition) is 1. The van der Waals surface area contributed by atoms with Gasteiger partial charge < -0.3 is 14.6 Å². The molecule has 2 aromatic carbocycles. The number of halogens is 1. The first-order valence-corrected chi connectivity index (χ1v) is 10.3. The van der Waals surface area contributed by atoms with Crippen molar-refractivity contribution in [2.75, 3.05) is 7.11 Å². The largest absolute Gasteiger partial charge is 0.493 e. The molecule has 1 aromatic heterocycles. The summed E-state index contributed by atoms with van der Waals surface area (Å²) in [6, 6.07) is 10.4. The second-order valence-corrected chi connectivity index (χ2v) is 8.04. The van der Waals surface area contributed by atoms with E-state index in [4.69, 9.17) is 9.47 Å². The lowest BCUT2D eigenvalue weighted by Crippen LogP contribution is -2.24. The molecule has 1 N–H and O–H groups in total. The number of carboxylic acids is 1. The summed E-state index contributed by atoms with van der Waals surface area (Å²) < 4.78 is 12.9. The second kappa shape index (κ2) is 9.30. The van der Waals surface area contributed by atoms with Crippen molar-refractivity contribution in [3.63, 3.8) is 0 Å². The van der Waals surface area contributed by atoms with Crippen LogP contribution in [0.15, 0.2) is 50.8 Å². The molecule has 9 heteroatoms. The highest BCUT2D eigenvalue weighted by Crippen LogP contribution is 2.31. The van der Waals surface area contributed by atoms with E-state index in [1.807, 2.05) is 19.9 Å². The predicted octanol–water partition coefficient (Wildman–Crippen LogP) is 4.03. The van der Waals surface area contributed by atoms with Gasteiger partial charge in [0.05, 0.1) is 24.2 Å². The first kappa shape index (κ1) is 22.5. The van der Waals surface area contributed by atoms with Crippen LogP contribution in [0.5, 0.6) is 11.5 Å². The molecule has 8 nitrogen and oxygen atoms in total. The van der Waals surface area contributed by atoms with Gasteiger partial charge in [-0.3, -0.25) is 4.79 Å². The van der Waals surface area contributed by atoms with E-state index in [0.717, 1.165) is 4.47 Å². The monoisotopic (exact) mass is 487 g/mol. The van der Waals surface area contributed by atoms with Gasteiger partial charge in [-0.25, -0.2) is 9.78 Å². The fraction of sp³-hybridized carbons (Fsp3) is 0.273. The van der Waals surface area contributed by atoms with Crippen LogP contribution in [0.25, 0.3) is 10.9 Å². The number of hydrogen-bond acceptors (Lipinski definition) is 6. The highest BCUT2D eigenvalue weighted by atomic mass is 79.9. The number of aliphatic carboxylic acids is 1. The summed E-state index contributed by atoms with van der Waals surface area (Å²) in [7, 11) is 1.46. The summed E-state index contributed by atoms with van der Waals surface area (Å²) in [4.78, 5) is 29.0. The molecular weight excluding hydrogens is 466 g/mol. The average Bonchev–Trinajstić information content (AvgIpc) is 2.73. The van der Waals surface area contributed by atoms with E-state index in [0.29, 0.717) is 28.0 Å². The van der Waals surface area contributed by atoms with E-state index in [-0.39, 0.29) is 17.2 Å². The van der Waals surface area contributed by atoms with Crippen LogP contribution < -0.4 is 15.0 Å². The molecule has 0 aliphatic carbocycles. The number of nitrogens with zero attached hydrogens (tertiary/aromatic N) is 3. The van der Waals surface area contributed by atoms with Crippen molar-refractivity contribution in [2.24, 2.45) is 5.10 Å². The second-order valence-electron chi connectivity index (χ2n) is 7.12. The van der Waals surface area contributed by atoms with E-state index >= 15 is 0 Å². The number of aromatic nitrogens is 2. The molecule has 0 aliphatic heterocycles. The van der Waals surface area contributed by atoms with Crippen LogP contribution in [0.2, 0.25) is 0 Å². The summed E-state index contributed by atoms with van der Waals surface area (Å²) in [6.07, 6.45) is 0.336. The molecule has 0 saturated carbocycles. The maximum atomic E-state index is 13.2. The molecule has 0 unspecified atom stereocenters. The van der Waals surface area contributed by atoms with Crippen molar-refractivity contribution in [3.05, 3.63) is 62.6 Å². The maximum Gasteiger partial charge on any atom is 0.344 e. The Hall–Kier alpha value is -3.20. The fourth-order valence-corrected chi connectivity index (χ4v) is 3.28. The number of ether oxygens (including phenoxy) is 2. The number of carbonyl (C=O) groups is 1. The summed E-state index contributed by atoms with van der Waals surface area (Å²) in [5.74, 6) is -0.101. The fourth-order valence-electron chi connectivity index (χ4n) is 2.92. The molecule has 162 valence electrons. The van der Waals surface area contributed by atoms with Gasteiger partial charge in [0.1, 0.15) is 5.82 Å². The zero-order chi connectivity index (χ0) is 22.7. The van der Waals surface area contributed by atoms with Gasteiger partial charge in [-0.05, 0) is 37.3 Å². The van der Waals surface area contributed by atoms with Crippen LogP contribution in [0.3, 0.4) is 0 Å². The van der Waals surface area contributed by atoms with Gasteiger partial charge in [-0.2, -0.15) is 9.78 Å². The predicted molar refractivity (Wildman–Crippen MR) is 122 cm³/mol. The van der Waals surface area contributed by atoms with Gasteiger partial charge in [0.25, 0.3) is 5.56 Å². The van der Waals surface area contributed by atoms with E-state index in [9.17, 15) is 14.7 Å². The van der Waals surface area contributed by atoms with Crippen LogP contribution >= 0.6 is 15.9 Å². The first-order valence-electron chi connectivity index (χ1n) is 9.56. The van der Waals surface area contributed by atoms with Crippen LogP contribution in [0, 0.1) is 0 Å². The van der Waals surface area contributed by atoms with E-state index in [2.05, 4.69) is 26.0 Å². The molecule has 0 aliphatic rings. The smallest absolute Gasteiger partial charge is 0.344 e. The molecule has 3 aromatic rings. The van der Waals surface area contributed by atoms with Crippen molar-refractivity contribution >= 4 is 39.0 Å². The molecule has 0 spiro atoms. The summed E-state index contributed by atoms with van der Waals surface area (Å²) in [5, 5.41) is 14.0. The van der Waals surface area contributed by atoms with Gasteiger partial charge in [-0.15, -0.1) is 0 Å². The molecule has 0 saturated heterocycles. The van der Waals surface area contributed by atoms with Crippen LogP contribution in [0.1, 0.15) is 38.1 Å². The zero-order valence-electron chi connectivity index (χ0n) is 17.5. The van der Waals surface area contributed by atoms with Crippen molar-refractivity contribution in [1.82, 2.24) is 9.66 Å². The number of methoxy groups -OCH3 is 1. The SMILES string of the molecule is COc1cccc(C=Nn2c(C(C)C)nc3ccc(Br)cc3c2=O)c1O[C@H](C)C(=O)O. The minimum Gasteiger partial charge on any atom is -0.493 e. The van der Waals surface area contributed by atoms with Crippen molar-refractivity contribution in [2.45, 2.75) is 32.8 Å². The number of benzene rings is 2. The molecule has 3 rings (SSSR count). The zero-order valence-corrected chi connectivity index (χ0v) is 19.1. The third-order valence-electron chi connectivity index (χ3n) is 4.53. The van der Waals surface area contributed by atoms with E-state index in [1.54, 1.807) is 30.3 Å². The molecule has 1 heterocycles. The highest BCUT2D eigenvalue weighted by Gasteiger charge is 2.19. The molecule has 0 radical (unpaired) electrons. The lowest BCUT2D eigenvalue weighted by atomic mass is 10.2. The van der Waals surface area contributed by atoms with Crippen LogP contribution in [-0.2, 0) is 4.79 Å². The Balaban J connectivity index is 2.15. The van der Waals surface area contributed by atoms with Gasteiger partial charge >= 0.3 is 5.97 Å². The standard InChI is InChI=1S/C22H22BrN3O5/c1-12(2)20-25-17-9-8-15(23)10-16(17)21(27)26(20)24-11-14-6-5-7-18(30-4)19(14)31-13(3)22(28)29/h5-13H,1-4H3,(H,28,29)/t13-/m1/s1. The number of para-hydroxylation sites is 1. The van der Waals surface area contributed by atoms with E-state index < -0.39 is 12.1 Å². The average molecular weight is 488 g/mol. The molecular formula is C22H22BrN3O5. The minimum absolute atomic E-state index is 0.0639. The van der Waals surface area contributed by atoms with Gasteiger partial charge in [0, 0.05) is 16.0 Å². The third kappa shape index (κ3) is 4.77. The summed E-state index contributed by atoms with van der Waals surface area (Å²) in [5.41, 5.74) is 0.739. The lowest BCUT2D eigenvalue weighted by Gasteiger charge is -2.16. The Labute approximate surface area is 187 Å². The van der Waals surface area contributed by atoms with Crippen LogP contribution in [-0.4, -0.2) is 40.2 Å². The first-order chi connectivity index (χ1) is 14.7. The normalized spacial score (nSPS) is 12.5. The number of rotatable bonds is 7. The Morgan fingerprint density at radius 2 is 2.00 bits per heavy atom. The Bertz CT molecular complexity index is 1220. The summed E-state index contributed by atoms with van der Waals surface area (Å²) >= 11 is 3.38. The maximum absolute atomic E-state index is 13.2. The van der Waals surface area contributed by atoms with E-state index in [1.165, 1.54) is 24.9 Å². The number of carboxylic acid groups (broad SMARTS) is 1. The molecule has 0 amide bonds. The van der Waals surface area contributed by atoms with Gasteiger partial charge in [0.15, 0.2) is 17.6 Å². The quantitative estimate of drug-likeness (QED) is 0.504. The molecule has 0 fully saturated rings.